The van der Waals surface area contributed by atoms with Gasteiger partial charge in [-0.15, -0.1) is 11.8 Å². The van der Waals surface area contributed by atoms with E-state index in [4.69, 9.17) is 9.47 Å². The normalized spacial score (nSPS) is 12.6. The third-order valence-corrected chi connectivity index (χ3v) is 6.23. The first-order chi connectivity index (χ1) is 14.1. The fourth-order valence-corrected chi connectivity index (χ4v) is 4.58. The number of benzene rings is 2. The number of thiazole rings is 1. The highest BCUT2D eigenvalue weighted by Gasteiger charge is 2.16. The Morgan fingerprint density at radius 3 is 2.55 bits per heavy atom. The molecule has 4 rings (SSSR count). The Morgan fingerprint density at radius 2 is 1.79 bits per heavy atom. The highest BCUT2D eigenvalue weighted by atomic mass is 79.9. The zero-order valence-electron chi connectivity index (χ0n) is 15.1. The SMILES string of the molecule is O=C(CSCC(=O)Nc1nc2cc3c(cc2s1)OCCO3)Nc1cccc(Br)c1. The molecular weight excluding hydrogens is 478 g/mol. The summed E-state index contributed by atoms with van der Waals surface area (Å²) < 4.78 is 12.9. The summed E-state index contributed by atoms with van der Waals surface area (Å²) in [5.41, 5.74) is 1.45. The fourth-order valence-electron chi connectivity index (χ4n) is 2.67. The lowest BCUT2D eigenvalue weighted by Crippen LogP contribution is -2.18. The van der Waals surface area contributed by atoms with Gasteiger partial charge in [-0.25, -0.2) is 4.98 Å². The molecule has 0 spiro atoms. The van der Waals surface area contributed by atoms with E-state index in [0.29, 0.717) is 35.5 Å². The Morgan fingerprint density at radius 1 is 1.07 bits per heavy atom. The number of ether oxygens (including phenoxy) is 2. The number of anilines is 2. The number of thioether (sulfide) groups is 1. The second kappa shape index (κ2) is 9.02. The summed E-state index contributed by atoms with van der Waals surface area (Å²) in [5, 5.41) is 6.08. The quantitative estimate of drug-likeness (QED) is 0.536. The van der Waals surface area contributed by atoms with Crippen LogP contribution in [-0.4, -0.2) is 41.5 Å². The fraction of sp³-hybridized carbons (Fsp3) is 0.211. The van der Waals surface area contributed by atoms with Crippen molar-refractivity contribution in [2.24, 2.45) is 0 Å². The lowest BCUT2D eigenvalue weighted by molar-refractivity contribution is -0.114. The number of hydrogen-bond donors (Lipinski definition) is 2. The molecule has 1 aliphatic heterocycles. The van der Waals surface area contributed by atoms with Crippen molar-refractivity contribution in [2.45, 2.75) is 0 Å². The molecule has 0 saturated carbocycles. The first kappa shape index (κ1) is 20.0. The van der Waals surface area contributed by atoms with Crippen molar-refractivity contribution in [1.29, 1.82) is 0 Å². The van der Waals surface area contributed by atoms with Crippen molar-refractivity contribution < 1.29 is 19.1 Å². The molecule has 0 aliphatic carbocycles. The van der Waals surface area contributed by atoms with E-state index in [1.165, 1.54) is 23.1 Å². The van der Waals surface area contributed by atoms with Gasteiger partial charge < -0.3 is 20.1 Å². The topological polar surface area (TPSA) is 89.6 Å². The maximum atomic E-state index is 12.2. The van der Waals surface area contributed by atoms with E-state index in [9.17, 15) is 9.59 Å². The van der Waals surface area contributed by atoms with Crippen LogP contribution in [0.2, 0.25) is 0 Å². The highest BCUT2D eigenvalue weighted by molar-refractivity contribution is 9.10. The zero-order chi connectivity index (χ0) is 20.2. The van der Waals surface area contributed by atoms with Crippen LogP contribution in [0.5, 0.6) is 11.5 Å². The first-order valence-electron chi connectivity index (χ1n) is 8.70. The highest BCUT2D eigenvalue weighted by Crippen LogP contribution is 2.37. The molecule has 2 aromatic carbocycles. The number of rotatable bonds is 6. The van der Waals surface area contributed by atoms with Crippen molar-refractivity contribution in [1.82, 2.24) is 4.98 Å². The summed E-state index contributed by atoms with van der Waals surface area (Å²) in [5.74, 6) is 1.33. The summed E-state index contributed by atoms with van der Waals surface area (Å²) in [7, 11) is 0. The minimum Gasteiger partial charge on any atom is -0.486 e. The van der Waals surface area contributed by atoms with Crippen molar-refractivity contribution in [2.75, 3.05) is 35.4 Å². The van der Waals surface area contributed by atoms with Gasteiger partial charge in [-0.2, -0.15) is 0 Å². The molecule has 150 valence electrons. The molecule has 2 amide bonds. The molecule has 1 aromatic heterocycles. The number of carbonyl (C=O) groups excluding carboxylic acids is 2. The van der Waals surface area contributed by atoms with Crippen LogP contribution >= 0.6 is 39.0 Å². The average molecular weight is 494 g/mol. The van der Waals surface area contributed by atoms with Crippen molar-refractivity contribution in [3.63, 3.8) is 0 Å². The van der Waals surface area contributed by atoms with Gasteiger partial charge in [-0.3, -0.25) is 9.59 Å². The lowest BCUT2D eigenvalue weighted by Gasteiger charge is -2.17. The van der Waals surface area contributed by atoms with Crippen LogP contribution in [0.3, 0.4) is 0 Å². The van der Waals surface area contributed by atoms with Crippen LogP contribution in [0.15, 0.2) is 40.9 Å². The Labute approximate surface area is 183 Å². The van der Waals surface area contributed by atoms with Gasteiger partial charge >= 0.3 is 0 Å². The van der Waals surface area contributed by atoms with Gasteiger partial charge in [-0.1, -0.05) is 33.3 Å². The number of aromatic nitrogens is 1. The molecule has 1 aliphatic rings. The van der Waals surface area contributed by atoms with E-state index in [1.54, 1.807) is 6.07 Å². The van der Waals surface area contributed by atoms with Gasteiger partial charge in [0, 0.05) is 22.3 Å². The number of fused-ring (bicyclic) bond motifs is 2. The van der Waals surface area contributed by atoms with Gasteiger partial charge in [0.15, 0.2) is 16.6 Å². The Kier molecular flexibility index (Phi) is 6.22. The number of hydrogen-bond acceptors (Lipinski definition) is 7. The summed E-state index contributed by atoms with van der Waals surface area (Å²) in [6.45, 7) is 1.03. The lowest BCUT2D eigenvalue weighted by atomic mass is 10.3. The first-order valence-corrected chi connectivity index (χ1v) is 11.5. The van der Waals surface area contributed by atoms with Crippen molar-refractivity contribution in [3.8, 4) is 11.5 Å². The average Bonchev–Trinajstić information content (AvgIpc) is 3.06. The van der Waals surface area contributed by atoms with E-state index < -0.39 is 0 Å². The van der Waals surface area contributed by atoms with Gasteiger partial charge in [0.2, 0.25) is 11.8 Å². The largest absolute Gasteiger partial charge is 0.486 e. The summed E-state index contributed by atoms with van der Waals surface area (Å²) in [4.78, 5) is 28.6. The third-order valence-electron chi connectivity index (χ3n) is 3.87. The molecule has 0 radical (unpaired) electrons. The van der Waals surface area contributed by atoms with Crippen LogP contribution in [0.1, 0.15) is 0 Å². The third kappa shape index (κ3) is 5.20. The predicted octanol–water partition coefficient (Wildman–Crippen LogP) is 4.14. The maximum Gasteiger partial charge on any atom is 0.236 e. The smallest absolute Gasteiger partial charge is 0.236 e. The van der Waals surface area contributed by atoms with E-state index >= 15 is 0 Å². The zero-order valence-corrected chi connectivity index (χ0v) is 18.3. The predicted molar refractivity (Wildman–Crippen MR) is 119 cm³/mol. The Bertz CT molecular complexity index is 1030. The molecule has 3 aromatic rings. The van der Waals surface area contributed by atoms with E-state index in [0.717, 1.165) is 14.7 Å². The summed E-state index contributed by atoms with van der Waals surface area (Å²) >= 11 is 5.97. The van der Waals surface area contributed by atoms with Gasteiger partial charge in [0.05, 0.1) is 21.7 Å². The van der Waals surface area contributed by atoms with Gasteiger partial charge in [0.25, 0.3) is 0 Å². The minimum absolute atomic E-state index is 0.157. The Balaban J connectivity index is 1.27. The maximum absolute atomic E-state index is 12.2. The molecular formula is C19H16BrN3O4S2. The monoisotopic (exact) mass is 493 g/mol. The van der Waals surface area contributed by atoms with E-state index in [1.807, 2.05) is 30.3 Å². The van der Waals surface area contributed by atoms with Crippen LogP contribution in [0.4, 0.5) is 10.8 Å². The molecule has 2 heterocycles. The molecule has 0 unspecified atom stereocenters. The second-order valence-corrected chi connectivity index (χ2v) is 9.01. The summed E-state index contributed by atoms with van der Waals surface area (Å²) in [6, 6.07) is 11.0. The van der Waals surface area contributed by atoms with Gasteiger partial charge in [-0.05, 0) is 18.2 Å². The minimum atomic E-state index is -0.207. The molecule has 29 heavy (non-hydrogen) atoms. The second-order valence-electron chi connectivity index (χ2n) is 6.08. The molecule has 10 heteroatoms. The summed E-state index contributed by atoms with van der Waals surface area (Å²) in [6.07, 6.45) is 0. The van der Waals surface area contributed by atoms with E-state index in [2.05, 4.69) is 31.5 Å². The molecule has 7 nitrogen and oxygen atoms in total. The number of halogens is 1. The van der Waals surface area contributed by atoms with Gasteiger partial charge in [0.1, 0.15) is 13.2 Å². The number of nitrogens with one attached hydrogen (secondary N) is 2. The Hall–Kier alpha value is -2.30. The number of carbonyl (C=O) groups is 2. The van der Waals surface area contributed by atoms with E-state index in [-0.39, 0.29) is 23.3 Å². The molecule has 0 bridgehead atoms. The van der Waals surface area contributed by atoms with Crippen molar-refractivity contribution >= 4 is 71.9 Å². The number of amides is 2. The van der Waals surface area contributed by atoms with Crippen LogP contribution in [-0.2, 0) is 9.59 Å². The number of nitrogens with zero attached hydrogens (tertiary/aromatic N) is 1. The van der Waals surface area contributed by atoms with Crippen LogP contribution in [0, 0.1) is 0 Å². The molecule has 0 saturated heterocycles. The van der Waals surface area contributed by atoms with Crippen molar-refractivity contribution in [3.05, 3.63) is 40.9 Å². The molecule has 0 fully saturated rings. The standard InChI is InChI=1S/C19H16BrN3O4S2/c20-11-2-1-3-12(6-11)21-17(24)9-28-10-18(25)23-19-22-13-7-14-15(8-16(13)29-19)27-5-4-26-14/h1-3,6-8H,4-5,9-10H2,(H,21,24)(H,22,23,25). The molecule has 2 N–H and O–H groups in total. The molecule has 0 atom stereocenters. The van der Waals surface area contributed by atoms with Crippen LogP contribution < -0.4 is 20.1 Å². The van der Waals surface area contributed by atoms with Crippen LogP contribution in [0.25, 0.3) is 10.2 Å².